The first-order valence-electron chi connectivity index (χ1n) is 6.30. The van der Waals surface area contributed by atoms with Crippen molar-refractivity contribution in [2.24, 2.45) is 4.99 Å². The normalized spacial score (nSPS) is 13.1. The summed E-state index contributed by atoms with van der Waals surface area (Å²) in [7, 11) is 0. The Morgan fingerprint density at radius 1 is 1.42 bits per heavy atom. The average molecular weight is 263 g/mol. The zero-order valence-corrected chi connectivity index (χ0v) is 11.7. The van der Waals surface area contributed by atoms with Crippen LogP contribution in [0, 0.1) is 0 Å². The smallest absolute Gasteiger partial charge is 0.293 e. The van der Waals surface area contributed by atoms with E-state index in [1.54, 1.807) is 0 Å². The molecular formula is C15H21NO3. The standard InChI is InChI=1S/C10H11NO.C5H10O2/c12-7-8-1-2-9-3-4-11-6-10(9)5-8;1-5(2,3)7-4-6/h1-2,5-6,12H,3-4,7H2;4H,1-3H3. The summed E-state index contributed by atoms with van der Waals surface area (Å²) in [5.41, 5.74) is 3.14. The third kappa shape index (κ3) is 5.66. The Bertz CT molecular complexity index is 447. The van der Waals surface area contributed by atoms with Gasteiger partial charge in [0, 0.05) is 12.8 Å². The summed E-state index contributed by atoms with van der Waals surface area (Å²) in [4.78, 5) is 13.8. The van der Waals surface area contributed by atoms with Crippen LogP contribution in [0.1, 0.15) is 37.5 Å². The monoisotopic (exact) mass is 263 g/mol. The Balaban J connectivity index is 0.000000224. The van der Waals surface area contributed by atoms with Crippen LogP contribution in [0.5, 0.6) is 0 Å². The Labute approximate surface area is 114 Å². The fraction of sp³-hybridized carbons (Fsp3) is 0.467. The van der Waals surface area contributed by atoms with E-state index in [-0.39, 0.29) is 12.2 Å². The molecule has 0 saturated heterocycles. The SMILES string of the molecule is CC(C)(C)OC=O.OCc1ccc2c(c1)C=NCC2. The zero-order valence-electron chi connectivity index (χ0n) is 11.7. The van der Waals surface area contributed by atoms with E-state index in [1.807, 2.05) is 39.1 Å². The van der Waals surface area contributed by atoms with Crippen LogP contribution in [0.2, 0.25) is 0 Å². The van der Waals surface area contributed by atoms with Gasteiger partial charge in [0.1, 0.15) is 5.60 Å². The highest BCUT2D eigenvalue weighted by Gasteiger charge is 2.07. The van der Waals surface area contributed by atoms with Crippen LogP contribution in [0.15, 0.2) is 23.2 Å². The van der Waals surface area contributed by atoms with Crippen molar-refractivity contribution >= 4 is 12.7 Å². The number of carbonyl (C=O) groups excluding carboxylic acids is 1. The van der Waals surface area contributed by atoms with Crippen LogP contribution >= 0.6 is 0 Å². The second kappa shape index (κ2) is 7.04. The van der Waals surface area contributed by atoms with E-state index < -0.39 is 0 Å². The number of aliphatic hydroxyl groups excluding tert-OH is 1. The molecule has 0 aliphatic carbocycles. The summed E-state index contributed by atoms with van der Waals surface area (Å²) in [6.45, 7) is 6.93. The average Bonchev–Trinajstić information content (AvgIpc) is 2.37. The van der Waals surface area contributed by atoms with Gasteiger partial charge in [-0.25, -0.2) is 0 Å². The van der Waals surface area contributed by atoms with Gasteiger partial charge < -0.3 is 9.84 Å². The number of aliphatic imine (C=N–C) groups is 1. The summed E-state index contributed by atoms with van der Waals surface area (Å²) in [6.07, 6.45) is 2.91. The molecule has 0 atom stereocenters. The lowest BCUT2D eigenvalue weighted by Gasteiger charge is -2.14. The Kier molecular flexibility index (Phi) is 5.70. The lowest BCUT2D eigenvalue weighted by atomic mass is 10.0. The van der Waals surface area contributed by atoms with Gasteiger partial charge in [-0.15, -0.1) is 0 Å². The van der Waals surface area contributed by atoms with Crippen molar-refractivity contribution in [2.45, 2.75) is 39.4 Å². The molecule has 1 heterocycles. The molecule has 0 unspecified atom stereocenters. The molecule has 0 fully saturated rings. The third-order valence-corrected chi connectivity index (χ3v) is 2.54. The van der Waals surface area contributed by atoms with E-state index in [1.165, 1.54) is 5.56 Å². The maximum absolute atomic E-state index is 9.60. The zero-order chi connectivity index (χ0) is 14.3. The summed E-state index contributed by atoms with van der Waals surface area (Å²) >= 11 is 0. The summed E-state index contributed by atoms with van der Waals surface area (Å²) in [5.74, 6) is 0. The Hall–Kier alpha value is -1.68. The predicted molar refractivity (Wildman–Crippen MR) is 75.4 cm³/mol. The third-order valence-electron chi connectivity index (χ3n) is 2.54. The van der Waals surface area contributed by atoms with Crippen molar-refractivity contribution in [1.82, 2.24) is 0 Å². The lowest BCUT2D eigenvalue weighted by Crippen LogP contribution is -2.17. The van der Waals surface area contributed by atoms with Crippen molar-refractivity contribution in [3.8, 4) is 0 Å². The highest BCUT2D eigenvalue weighted by atomic mass is 16.5. The molecule has 0 radical (unpaired) electrons. The molecule has 19 heavy (non-hydrogen) atoms. The van der Waals surface area contributed by atoms with Gasteiger partial charge in [0.25, 0.3) is 6.47 Å². The largest absolute Gasteiger partial charge is 0.462 e. The van der Waals surface area contributed by atoms with Crippen molar-refractivity contribution in [2.75, 3.05) is 6.54 Å². The molecule has 1 aliphatic rings. The number of nitrogens with zero attached hydrogens (tertiary/aromatic N) is 1. The maximum atomic E-state index is 9.60. The Morgan fingerprint density at radius 3 is 2.68 bits per heavy atom. The first-order valence-corrected chi connectivity index (χ1v) is 6.30. The summed E-state index contributed by atoms with van der Waals surface area (Å²) < 4.78 is 4.55. The molecule has 1 aromatic rings. The number of hydrogen-bond donors (Lipinski definition) is 1. The van der Waals surface area contributed by atoms with Gasteiger partial charge in [-0.1, -0.05) is 12.1 Å². The van der Waals surface area contributed by atoms with Crippen molar-refractivity contribution in [3.05, 3.63) is 34.9 Å². The highest BCUT2D eigenvalue weighted by Crippen LogP contribution is 2.14. The van der Waals surface area contributed by atoms with E-state index in [4.69, 9.17) is 5.11 Å². The molecule has 0 amide bonds. The van der Waals surface area contributed by atoms with Crippen LogP contribution in [0.3, 0.4) is 0 Å². The van der Waals surface area contributed by atoms with E-state index in [2.05, 4.69) is 15.8 Å². The lowest BCUT2D eigenvalue weighted by molar-refractivity contribution is -0.138. The minimum absolute atomic E-state index is 0.112. The van der Waals surface area contributed by atoms with Gasteiger partial charge in [-0.05, 0) is 49.9 Å². The Morgan fingerprint density at radius 2 is 2.16 bits per heavy atom. The number of carbonyl (C=O) groups is 1. The molecule has 4 nitrogen and oxygen atoms in total. The van der Waals surface area contributed by atoms with Crippen molar-refractivity contribution in [3.63, 3.8) is 0 Å². The highest BCUT2D eigenvalue weighted by molar-refractivity contribution is 5.83. The molecule has 0 spiro atoms. The molecule has 2 rings (SSSR count). The second-order valence-corrected chi connectivity index (χ2v) is 5.30. The van der Waals surface area contributed by atoms with Gasteiger partial charge in [0.05, 0.1) is 6.61 Å². The first kappa shape index (κ1) is 15.4. The fourth-order valence-electron chi connectivity index (χ4n) is 1.58. The number of benzene rings is 1. The molecule has 104 valence electrons. The van der Waals surface area contributed by atoms with Crippen molar-refractivity contribution in [1.29, 1.82) is 0 Å². The molecule has 0 bridgehead atoms. The van der Waals surface area contributed by atoms with E-state index in [0.717, 1.165) is 24.1 Å². The molecular weight excluding hydrogens is 242 g/mol. The van der Waals surface area contributed by atoms with Gasteiger partial charge in [-0.3, -0.25) is 9.79 Å². The first-order chi connectivity index (χ1) is 8.96. The predicted octanol–water partition coefficient (Wildman–Crippen LogP) is 2.11. The van der Waals surface area contributed by atoms with Crippen LogP contribution in [-0.2, 0) is 22.6 Å². The van der Waals surface area contributed by atoms with Crippen LogP contribution in [-0.4, -0.2) is 29.9 Å². The topological polar surface area (TPSA) is 58.9 Å². The fourth-order valence-corrected chi connectivity index (χ4v) is 1.58. The van der Waals surface area contributed by atoms with Gasteiger partial charge in [0.2, 0.25) is 0 Å². The van der Waals surface area contributed by atoms with E-state index >= 15 is 0 Å². The van der Waals surface area contributed by atoms with Crippen molar-refractivity contribution < 1.29 is 14.6 Å². The second-order valence-electron chi connectivity index (χ2n) is 5.30. The van der Waals surface area contributed by atoms with Gasteiger partial charge in [-0.2, -0.15) is 0 Å². The molecule has 1 N–H and O–H groups in total. The number of aliphatic hydroxyl groups is 1. The van der Waals surface area contributed by atoms with Crippen LogP contribution in [0.4, 0.5) is 0 Å². The van der Waals surface area contributed by atoms with Gasteiger partial charge in [0.15, 0.2) is 0 Å². The number of hydrogen-bond acceptors (Lipinski definition) is 4. The van der Waals surface area contributed by atoms with Crippen LogP contribution < -0.4 is 0 Å². The maximum Gasteiger partial charge on any atom is 0.293 e. The van der Waals surface area contributed by atoms with E-state index in [9.17, 15) is 4.79 Å². The minimum atomic E-state index is -0.318. The molecule has 0 saturated carbocycles. The molecule has 1 aliphatic heterocycles. The number of ether oxygens (including phenoxy) is 1. The van der Waals surface area contributed by atoms with Crippen LogP contribution in [0.25, 0.3) is 0 Å². The molecule has 1 aromatic carbocycles. The summed E-state index contributed by atoms with van der Waals surface area (Å²) in [6, 6.07) is 6.04. The molecule has 4 heteroatoms. The van der Waals surface area contributed by atoms with Gasteiger partial charge >= 0.3 is 0 Å². The number of fused-ring (bicyclic) bond motifs is 1. The minimum Gasteiger partial charge on any atom is -0.462 e. The van der Waals surface area contributed by atoms with E-state index in [0.29, 0.717) is 6.47 Å². The molecule has 0 aromatic heterocycles. The summed E-state index contributed by atoms with van der Waals surface area (Å²) in [5, 5.41) is 8.89. The quantitative estimate of drug-likeness (QED) is 0.831. The number of rotatable bonds is 2.